The number of benzene rings is 2. The molecule has 0 atom stereocenters. The molecule has 0 bridgehead atoms. The van der Waals surface area contributed by atoms with Crippen molar-refractivity contribution < 1.29 is 22.7 Å². The largest absolute Gasteiger partial charge is 0.490 e. The molecule has 0 fully saturated rings. The van der Waals surface area contributed by atoms with Gasteiger partial charge in [0, 0.05) is 5.02 Å². The fourth-order valence-electron chi connectivity index (χ4n) is 2.29. The minimum Gasteiger partial charge on any atom is -0.490 e. The van der Waals surface area contributed by atoms with E-state index in [1.165, 1.54) is 18.2 Å². The van der Waals surface area contributed by atoms with Gasteiger partial charge in [0.05, 0.1) is 11.3 Å². The highest BCUT2D eigenvalue weighted by molar-refractivity contribution is 7.94. The number of halogens is 1. The average molecular weight is 438 g/mol. The lowest BCUT2D eigenvalue weighted by molar-refractivity contribution is 0.0451. The van der Waals surface area contributed by atoms with E-state index in [0.29, 0.717) is 10.8 Å². The van der Waals surface area contributed by atoms with Gasteiger partial charge in [0.2, 0.25) is 0 Å². The van der Waals surface area contributed by atoms with Crippen molar-refractivity contribution in [3.63, 3.8) is 0 Å². The number of thiophene rings is 1. The van der Waals surface area contributed by atoms with Gasteiger partial charge in [0.25, 0.3) is 10.0 Å². The number of rotatable bonds is 8. The van der Waals surface area contributed by atoms with Crippen LogP contribution < -0.4 is 9.46 Å². The Hall–Kier alpha value is -2.55. The third-order valence-electron chi connectivity index (χ3n) is 3.53. The second kappa shape index (κ2) is 9.09. The molecular weight excluding hydrogens is 422 g/mol. The zero-order valence-electron chi connectivity index (χ0n) is 14.5. The Morgan fingerprint density at radius 2 is 1.86 bits per heavy atom. The van der Waals surface area contributed by atoms with Crippen molar-refractivity contribution in [3.05, 3.63) is 76.6 Å². The number of para-hydroxylation sites is 1. The fraction of sp³-hybridized carbons (Fsp3) is 0.105. The maximum absolute atomic E-state index is 12.4. The van der Waals surface area contributed by atoms with Gasteiger partial charge in [-0.1, -0.05) is 35.9 Å². The van der Waals surface area contributed by atoms with E-state index >= 15 is 0 Å². The third-order valence-corrected chi connectivity index (χ3v) is 6.53. The standard InChI is InChI=1S/C19H16ClNO5S2/c20-14-5-3-6-15(13-14)25-10-11-26-19(22)16-7-1-2-8-17(16)21-28(23,24)18-9-4-12-27-18/h1-9,12-13,21H,10-11H2. The number of ether oxygens (including phenoxy) is 2. The van der Waals surface area contributed by atoms with E-state index in [1.807, 2.05) is 0 Å². The van der Waals surface area contributed by atoms with Gasteiger partial charge in [0.1, 0.15) is 23.2 Å². The summed E-state index contributed by atoms with van der Waals surface area (Å²) >= 11 is 6.96. The molecule has 0 saturated carbocycles. The van der Waals surface area contributed by atoms with E-state index in [1.54, 1.807) is 47.8 Å². The number of anilines is 1. The normalized spacial score (nSPS) is 11.0. The molecule has 3 rings (SSSR count). The molecule has 0 spiro atoms. The molecule has 0 aliphatic rings. The zero-order valence-corrected chi connectivity index (χ0v) is 16.9. The van der Waals surface area contributed by atoms with Crippen LogP contribution in [-0.4, -0.2) is 27.6 Å². The number of hydrogen-bond acceptors (Lipinski definition) is 6. The molecule has 2 aromatic carbocycles. The van der Waals surface area contributed by atoms with Crippen LogP contribution in [0.4, 0.5) is 5.69 Å². The topological polar surface area (TPSA) is 81.7 Å². The van der Waals surface area contributed by atoms with E-state index in [4.69, 9.17) is 21.1 Å². The van der Waals surface area contributed by atoms with Gasteiger partial charge in [-0.15, -0.1) is 11.3 Å². The first-order valence-corrected chi connectivity index (χ1v) is 10.9. The minimum atomic E-state index is -3.77. The number of esters is 1. The van der Waals surface area contributed by atoms with Crippen molar-refractivity contribution in [2.75, 3.05) is 17.9 Å². The van der Waals surface area contributed by atoms with Crippen molar-refractivity contribution in [1.29, 1.82) is 0 Å². The quantitative estimate of drug-likeness (QED) is 0.416. The minimum absolute atomic E-state index is 0.00262. The number of carbonyl (C=O) groups excluding carboxylic acids is 1. The first kappa shape index (κ1) is 20.2. The Morgan fingerprint density at radius 1 is 1.04 bits per heavy atom. The van der Waals surface area contributed by atoms with E-state index in [0.717, 1.165) is 11.3 Å². The van der Waals surface area contributed by atoms with Crippen molar-refractivity contribution in [1.82, 2.24) is 0 Å². The number of sulfonamides is 1. The number of nitrogens with one attached hydrogen (secondary N) is 1. The maximum Gasteiger partial charge on any atom is 0.340 e. The smallest absolute Gasteiger partial charge is 0.340 e. The Morgan fingerprint density at radius 3 is 2.61 bits per heavy atom. The maximum atomic E-state index is 12.4. The summed E-state index contributed by atoms with van der Waals surface area (Å²) in [6.07, 6.45) is 0. The first-order valence-electron chi connectivity index (χ1n) is 8.16. The van der Waals surface area contributed by atoms with Crippen molar-refractivity contribution in [3.8, 4) is 5.75 Å². The summed E-state index contributed by atoms with van der Waals surface area (Å²) in [4.78, 5) is 12.4. The zero-order chi connectivity index (χ0) is 20.0. The molecule has 1 heterocycles. The molecule has 6 nitrogen and oxygen atoms in total. The monoisotopic (exact) mass is 437 g/mol. The molecule has 1 aromatic heterocycles. The molecule has 1 N–H and O–H groups in total. The van der Waals surface area contributed by atoms with Gasteiger partial charge in [-0.05, 0) is 41.8 Å². The molecule has 0 aliphatic carbocycles. The van der Waals surface area contributed by atoms with Gasteiger partial charge in [-0.25, -0.2) is 13.2 Å². The van der Waals surface area contributed by atoms with Crippen LogP contribution in [0.5, 0.6) is 5.75 Å². The summed E-state index contributed by atoms with van der Waals surface area (Å²) in [6, 6.07) is 16.2. The number of hydrogen-bond donors (Lipinski definition) is 1. The van der Waals surface area contributed by atoms with Crippen LogP contribution in [0.2, 0.25) is 5.02 Å². The Bertz CT molecular complexity index is 1050. The highest BCUT2D eigenvalue weighted by Gasteiger charge is 2.20. The van der Waals surface area contributed by atoms with Crippen LogP contribution in [0.25, 0.3) is 0 Å². The van der Waals surface area contributed by atoms with Crippen molar-refractivity contribution >= 4 is 44.6 Å². The summed E-state index contributed by atoms with van der Waals surface area (Å²) in [5, 5.41) is 2.20. The Kier molecular flexibility index (Phi) is 6.56. The van der Waals surface area contributed by atoms with Crippen LogP contribution in [0.3, 0.4) is 0 Å². The lowest BCUT2D eigenvalue weighted by Crippen LogP contribution is -2.17. The predicted molar refractivity (Wildman–Crippen MR) is 109 cm³/mol. The van der Waals surface area contributed by atoms with Crippen molar-refractivity contribution in [2.24, 2.45) is 0 Å². The van der Waals surface area contributed by atoms with Crippen LogP contribution in [0, 0.1) is 0 Å². The van der Waals surface area contributed by atoms with E-state index in [-0.39, 0.29) is 28.7 Å². The highest BCUT2D eigenvalue weighted by atomic mass is 35.5. The van der Waals surface area contributed by atoms with Gasteiger partial charge in [-0.3, -0.25) is 4.72 Å². The molecule has 9 heteroatoms. The van der Waals surface area contributed by atoms with Gasteiger partial charge < -0.3 is 9.47 Å². The van der Waals surface area contributed by atoms with Gasteiger partial charge in [-0.2, -0.15) is 0 Å². The second-order valence-electron chi connectivity index (χ2n) is 5.52. The first-order chi connectivity index (χ1) is 13.5. The second-order valence-corrected chi connectivity index (χ2v) is 8.82. The van der Waals surface area contributed by atoms with Gasteiger partial charge in [0.15, 0.2) is 0 Å². The van der Waals surface area contributed by atoms with Crippen LogP contribution in [0.15, 0.2) is 70.3 Å². The molecule has 28 heavy (non-hydrogen) atoms. The molecular formula is C19H16ClNO5S2. The highest BCUT2D eigenvalue weighted by Crippen LogP contribution is 2.23. The molecule has 146 valence electrons. The Balaban J connectivity index is 1.61. The molecule has 0 aliphatic heterocycles. The summed E-state index contributed by atoms with van der Waals surface area (Å²) < 4.78 is 38.0. The Labute approximate surface area is 171 Å². The fourth-order valence-corrected chi connectivity index (χ4v) is 4.54. The summed E-state index contributed by atoms with van der Waals surface area (Å²) in [6.45, 7) is 0.131. The van der Waals surface area contributed by atoms with E-state index in [2.05, 4.69) is 4.72 Å². The molecule has 3 aromatic rings. The molecule has 0 radical (unpaired) electrons. The lowest BCUT2D eigenvalue weighted by Gasteiger charge is -2.12. The van der Waals surface area contributed by atoms with E-state index < -0.39 is 16.0 Å². The van der Waals surface area contributed by atoms with Crippen LogP contribution in [-0.2, 0) is 14.8 Å². The third kappa shape index (κ3) is 5.25. The number of carbonyl (C=O) groups is 1. The van der Waals surface area contributed by atoms with Gasteiger partial charge >= 0.3 is 5.97 Å². The summed E-state index contributed by atoms with van der Waals surface area (Å²) in [7, 11) is -3.77. The lowest BCUT2D eigenvalue weighted by atomic mass is 10.2. The van der Waals surface area contributed by atoms with E-state index in [9.17, 15) is 13.2 Å². The van der Waals surface area contributed by atoms with Crippen LogP contribution >= 0.6 is 22.9 Å². The predicted octanol–water partition coefficient (Wildman–Crippen LogP) is 4.44. The average Bonchev–Trinajstić information content (AvgIpc) is 3.21. The molecule has 0 unspecified atom stereocenters. The van der Waals surface area contributed by atoms with Crippen molar-refractivity contribution in [2.45, 2.75) is 4.21 Å². The SMILES string of the molecule is O=C(OCCOc1cccc(Cl)c1)c1ccccc1NS(=O)(=O)c1cccs1. The molecule has 0 amide bonds. The molecule has 0 saturated heterocycles. The summed E-state index contributed by atoms with van der Waals surface area (Å²) in [5.74, 6) is -0.0909. The summed E-state index contributed by atoms with van der Waals surface area (Å²) in [5.41, 5.74) is 0.266. The van der Waals surface area contributed by atoms with Crippen LogP contribution in [0.1, 0.15) is 10.4 Å².